The number of rotatable bonds is 12. The molecule has 0 fully saturated rings. The third-order valence-electron chi connectivity index (χ3n) is 6.67. The summed E-state index contributed by atoms with van der Waals surface area (Å²) in [6.45, 7) is 9.24. The Morgan fingerprint density at radius 1 is 0.846 bits per heavy atom. The molecule has 0 aromatic heterocycles. The molecule has 0 spiro atoms. The van der Waals surface area contributed by atoms with Crippen molar-refractivity contribution in [2.45, 2.75) is 71.0 Å². The molecule has 39 heavy (non-hydrogen) atoms. The molecule has 0 radical (unpaired) electrons. The van der Waals surface area contributed by atoms with Gasteiger partial charge in [0, 0.05) is 12.6 Å². The van der Waals surface area contributed by atoms with Gasteiger partial charge in [0.2, 0.25) is 11.8 Å². The highest BCUT2D eigenvalue weighted by Gasteiger charge is 2.34. The first-order chi connectivity index (χ1) is 18.6. The zero-order chi connectivity index (χ0) is 28.6. The van der Waals surface area contributed by atoms with Gasteiger partial charge in [-0.25, -0.2) is 8.42 Å². The number of carbonyl (C=O) groups is 2. The van der Waals surface area contributed by atoms with E-state index >= 15 is 0 Å². The van der Waals surface area contributed by atoms with Crippen LogP contribution in [-0.4, -0.2) is 43.8 Å². The van der Waals surface area contributed by atoms with Crippen molar-refractivity contribution in [2.24, 2.45) is 0 Å². The number of carbonyl (C=O) groups excluding carboxylic acids is 2. The minimum absolute atomic E-state index is 0.0961. The smallest absolute Gasteiger partial charge is 0.264 e. The number of hydrogen-bond donors (Lipinski definition) is 1. The van der Waals surface area contributed by atoms with E-state index in [2.05, 4.69) is 5.32 Å². The minimum atomic E-state index is -4.08. The molecule has 1 atom stereocenters. The Morgan fingerprint density at radius 2 is 1.44 bits per heavy atom. The van der Waals surface area contributed by atoms with Crippen molar-refractivity contribution in [3.63, 3.8) is 0 Å². The van der Waals surface area contributed by atoms with Gasteiger partial charge in [0.05, 0.1) is 10.6 Å². The predicted octanol–water partition coefficient (Wildman–Crippen LogP) is 5.08. The summed E-state index contributed by atoms with van der Waals surface area (Å²) in [5, 5.41) is 2.92. The van der Waals surface area contributed by atoms with Crippen molar-refractivity contribution in [2.75, 3.05) is 10.8 Å². The Balaban J connectivity index is 2.10. The number of aryl methyl sites for hydroxylation is 2. The molecular weight excluding hydrogens is 510 g/mol. The number of anilines is 1. The summed E-state index contributed by atoms with van der Waals surface area (Å²) < 4.78 is 29.1. The van der Waals surface area contributed by atoms with E-state index in [-0.39, 0.29) is 23.4 Å². The van der Waals surface area contributed by atoms with Crippen LogP contribution in [-0.2, 0) is 32.6 Å². The normalized spacial score (nSPS) is 12.2. The quantitative estimate of drug-likeness (QED) is 0.341. The van der Waals surface area contributed by atoms with Gasteiger partial charge in [0.25, 0.3) is 10.0 Å². The minimum Gasteiger partial charge on any atom is -0.352 e. The van der Waals surface area contributed by atoms with Gasteiger partial charge >= 0.3 is 0 Å². The first-order valence-electron chi connectivity index (χ1n) is 13.4. The second kappa shape index (κ2) is 13.4. The van der Waals surface area contributed by atoms with E-state index in [9.17, 15) is 18.0 Å². The predicted molar refractivity (Wildman–Crippen MR) is 156 cm³/mol. The highest BCUT2D eigenvalue weighted by atomic mass is 32.2. The third-order valence-corrected chi connectivity index (χ3v) is 8.44. The molecule has 0 aliphatic heterocycles. The van der Waals surface area contributed by atoms with Crippen molar-refractivity contribution in [1.82, 2.24) is 10.2 Å². The van der Waals surface area contributed by atoms with E-state index in [1.807, 2.05) is 71.0 Å². The third kappa shape index (κ3) is 7.26. The van der Waals surface area contributed by atoms with Crippen molar-refractivity contribution in [3.8, 4) is 0 Å². The summed E-state index contributed by atoms with van der Waals surface area (Å²) in [6, 6.07) is 22.1. The molecule has 0 saturated heterocycles. The number of para-hydroxylation sites is 1. The largest absolute Gasteiger partial charge is 0.352 e. The highest BCUT2D eigenvalue weighted by Crippen LogP contribution is 2.28. The molecule has 8 heteroatoms. The summed E-state index contributed by atoms with van der Waals surface area (Å²) in [4.78, 5) is 29.0. The van der Waals surface area contributed by atoms with Gasteiger partial charge in [-0.2, -0.15) is 0 Å². The van der Waals surface area contributed by atoms with Crippen LogP contribution in [0.2, 0.25) is 0 Å². The molecule has 208 valence electrons. The standard InChI is InChI=1S/C31H39N3O4S/c1-6-25-16-13-14-20-29(25)34(39(37,38)27-18-9-8-10-19-27)22-30(35)33(21-26-17-12-11-15-24(26)5)28(7-2)31(36)32-23(3)4/h8-20,23,28H,6-7,21-22H2,1-5H3,(H,32,36)/t28-/m0/s1. The molecule has 2 amide bonds. The van der Waals surface area contributed by atoms with Gasteiger partial charge in [-0.15, -0.1) is 0 Å². The van der Waals surface area contributed by atoms with Crippen molar-refractivity contribution >= 4 is 27.5 Å². The molecule has 3 aromatic rings. The average molecular weight is 550 g/mol. The van der Waals surface area contributed by atoms with Gasteiger partial charge < -0.3 is 10.2 Å². The first-order valence-corrected chi connectivity index (χ1v) is 14.8. The van der Waals surface area contributed by atoms with E-state index in [1.54, 1.807) is 30.3 Å². The number of hydrogen-bond acceptors (Lipinski definition) is 4. The number of nitrogens with one attached hydrogen (secondary N) is 1. The second-order valence-corrected chi connectivity index (χ2v) is 11.7. The zero-order valence-electron chi connectivity index (χ0n) is 23.4. The van der Waals surface area contributed by atoms with E-state index in [0.717, 1.165) is 16.7 Å². The average Bonchev–Trinajstić information content (AvgIpc) is 2.92. The number of nitrogens with zero attached hydrogens (tertiary/aromatic N) is 2. The van der Waals surface area contributed by atoms with Crippen LogP contribution in [0.1, 0.15) is 50.8 Å². The molecular formula is C31H39N3O4S. The van der Waals surface area contributed by atoms with Crippen molar-refractivity contribution < 1.29 is 18.0 Å². The maximum atomic E-state index is 14.2. The first kappa shape index (κ1) is 29.9. The van der Waals surface area contributed by atoms with Crippen LogP contribution in [0.4, 0.5) is 5.69 Å². The van der Waals surface area contributed by atoms with E-state index in [0.29, 0.717) is 18.5 Å². The van der Waals surface area contributed by atoms with Gasteiger partial charge in [-0.3, -0.25) is 13.9 Å². The molecule has 0 aliphatic carbocycles. The van der Waals surface area contributed by atoms with Gasteiger partial charge in [0.1, 0.15) is 12.6 Å². The Labute approximate surface area is 232 Å². The topological polar surface area (TPSA) is 86.8 Å². The SMILES string of the molecule is CCc1ccccc1N(CC(=O)N(Cc1ccccc1C)[C@@H](CC)C(=O)NC(C)C)S(=O)(=O)c1ccccc1. The lowest BCUT2D eigenvalue weighted by molar-refractivity contribution is -0.140. The Hall–Kier alpha value is -3.65. The zero-order valence-corrected chi connectivity index (χ0v) is 24.2. The van der Waals surface area contributed by atoms with Crippen molar-refractivity contribution in [3.05, 3.63) is 95.6 Å². The number of benzene rings is 3. The van der Waals surface area contributed by atoms with Gasteiger partial charge in [-0.05, 0) is 68.5 Å². The van der Waals surface area contributed by atoms with Crippen LogP contribution < -0.4 is 9.62 Å². The van der Waals surface area contributed by atoms with Crippen LogP contribution in [0.15, 0.2) is 83.8 Å². The van der Waals surface area contributed by atoms with Crippen LogP contribution in [0.5, 0.6) is 0 Å². The van der Waals surface area contributed by atoms with Crippen LogP contribution in [0, 0.1) is 6.92 Å². The Bertz CT molecular complexity index is 1370. The molecule has 1 N–H and O–H groups in total. The molecule has 0 aliphatic rings. The van der Waals surface area contributed by atoms with Crippen LogP contribution in [0.3, 0.4) is 0 Å². The molecule has 0 unspecified atom stereocenters. The maximum Gasteiger partial charge on any atom is 0.264 e. The summed E-state index contributed by atoms with van der Waals surface area (Å²) in [6.07, 6.45) is 0.972. The second-order valence-electron chi connectivity index (χ2n) is 9.84. The van der Waals surface area contributed by atoms with Gasteiger partial charge in [-0.1, -0.05) is 74.5 Å². The Morgan fingerprint density at radius 3 is 2.03 bits per heavy atom. The highest BCUT2D eigenvalue weighted by molar-refractivity contribution is 7.92. The number of sulfonamides is 1. The van der Waals surface area contributed by atoms with Crippen LogP contribution in [0.25, 0.3) is 0 Å². The summed E-state index contributed by atoms with van der Waals surface area (Å²) in [7, 11) is -4.08. The summed E-state index contributed by atoms with van der Waals surface area (Å²) in [5.41, 5.74) is 3.14. The van der Waals surface area contributed by atoms with E-state index in [1.165, 1.54) is 21.3 Å². The fourth-order valence-corrected chi connectivity index (χ4v) is 6.03. The van der Waals surface area contributed by atoms with Crippen molar-refractivity contribution in [1.29, 1.82) is 0 Å². The van der Waals surface area contributed by atoms with E-state index in [4.69, 9.17) is 0 Å². The molecule has 0 saturated carbocycles. The Kier molecular flexibility index (Phi) is 10.3. The lowest BCUT2D eigenvalue weighted by Crippen LogP contribution is -2.53. The molecule has 0 bridgehead atoms. The van der Waals surface area contributed by atoms with Gasteiger partial charge in [0.15, 0.2) is 0 Å². The maximum absolute atomic E-state index is 14.2. The molecule has 3 rings (SSSR count). The molecule has 3 aromatic carbocycles. The molecule has 0 heterocycles. The lowest BCUT2D eigenvalue weighted by Gasteiger charge is -2.34. The molecule has 7 nitrogen and oxygen atoms in total. The fraction of sp³-hybridized carbons (Fsp3) is 0.355. The van der Waals surface area contributed by atoms with E-state index < -0.39 is 28.5 Å². The lowest BCUT2D eigenvalue weighted by atomic mass is 10.1. The fourth-order valence-electron chi connectivity index (χ4n) is 4.56. The summed E-state index contributed by atoms with van der Waals surface area (Å²) in [5.74, 6) is -0.713. The van der Waals surface area contributed by atoms with Crippen LogP contribution >= 0.6 is 0 Å². The number of amides is 2. The summed E-state index contributed by atoms with van der Waals surface area (Å²) >= 11 is 0. The monoisotopic (exact) mass is 549 g/mol.